The zero-order chi connectivity index (χ0) is 22.4. The van der Waals surface area contributed by atoms with Crippen molar-refractivity contribution in [1.82, 2.24) is 15.5 Å². The molecule has 0 spiro atoms. The molecule has 1 atom stereocenters. The molecule has 3 N–H and O–H groups in total. The van der Waals surface area contributed by atoms with E-state index in [4.69, 9.17) is 0 Å². The normalized spacial score (nSPS) is 19.5. The lowest BCUT2D eigenvalue weighted by Crippen LogP contribution is -2.45. The first kappa shape index (κ1) is 22.9. The van der Waals surface area contributed by atoms with Crippen molar-refractivity contribution in [1.29, 1.82) is 0 Å². The number of hydrogen-bond acceptors (Lipinski definition) is 3. The fourth-order valence-corrected chi connectivity index (χ4v) is 3.99. The second kappa shape index (κ2) is 10.5. The molecule has 3 rings (SSSR count). The topological polar surface area (TPSA) is 85.8 Å². The largest absolute Gasteiger partial charge is 0.357 e. The van der Waals surface area contributed by atoms with E-state index in [9.17, 15) is 22.8 Å². The average molecular weight is 439 g/mol. The van der Waals surface area contributed by atoms with Gasteiger partial charge in [0, 0.05) is 31.6 Å². The summed E-state index contributed by atoms with van der Waals surface area (Å²) >= 11 is 0. The molecule has 170 valence electrons. The molecular weight excluding hydrogens is 411 g/mol. The summed E-state index contributed by atoms with van der Waals surface area (Å²) in [6.07, 6.45) is 4.92. The number of halogens is 3. The van der Waals surface area contributed by atoms with Gasteiger partial charge >= 0.3 is 0 Å². The Morgan fingerprint density at radius 3 is 2.58 bits per heavy atom. The number of rotatable bonds is 6. The van der Waals surface area contributed by atoms with Crippen LogP contribution in [0.5, 0.6) is 0 Å². The minimum atomic E-state index is -1.64. The molecule has 1 aromatic carbocycles. The number of anilines is 1. The predicted molar refractivity (Wildman–Crippen MR) is 111 cm³/mol. The van der Waals surface area contributed by atoms with Crippen LogP contribution in [0, 0.1) is 23.4 Å². The Balaban J connectivity index is 1.53. The van der Waals surface area contributed by atoms with Gasteiger partial charge in [-0.1, -0.05) is 12.8 Å². The van der Waals surface area contributed by atoms with Crippen molar-refractivity contribution in [3.05, 3.63) is 29.6 Å². The van der Waals surface area contributed by atoms with E-state index in [0.29, 0.717) is 25.6 Å². The Hall–Kier alpha value is -2.78. The predicted octanol–water partition coefficient (Wildman–Crippen LogP) is 2.39. The summed E-state index contributed by atoms with van der Waals surface area (Å²) < 4.78 is 40.0. The maximum Gasteiger partial charge on any atom is 0.246 e. The van der Waals surface area contributed by atoms with Gasteiger partial charge < -0.3 is 20.9 Å². The summed E-state index contributed by atoms with van der Waals surface area (Å²) in [5.74, 6) is -4.35. The Bertz CT molecular complexity index is 843. The smallest absolute Gasteiger partial charge is 0.246 e. The molecule has 0 bridgehead atoms. The maximum absolute atomic E-state index is 13.7. The molecule has 0 aromatic heterocycles. The summed E-state index contributed by atoms with van der Waals surface area (Å²) in [6.45, 7) is 3.35. The lowest BCUT2D eigenvalue weighted by molar-refractivity contribution is -0.134. The van der Waals surface area contributed by atoms with Gasteiger partial charge in [-0.25, -0.2) is 18.2 Å². The SMILES string of the molecule is CCNC(=NCC(=O)Nc1ccc(F)c(F)c1F)NC1CCN(C(=O)C2CCCC2)C1. The summed E-state index contributed by atoms with van der Waals surface area (Å²) in [5, 5.41) is 8.43. The van der Waals surface area contributed by atoms with Crippen LogP contribution in [0.1, 0.15) is 39.0 Å². The van der Waals surface area contributed by atoms with Gasteiger partial charge in [-0.3, -0.25) is 9.59 Å². The molecule has 1 saturated heterocycles. The summed E-state index contributed by atoms with van der Waals surface area (Å²) in [7, 11) is 0. The Kier molecular flexibility index (Phi) is 7.75. The highest BCUT2D eigenvalue weighted by Gasteiger charge is 2.32. The van der Waals surface area contributed by atoms with Crippen molar-refractivity contribution in [2.24, 2.45) is 10.9 Å². The third-order valence-corrected chi connectivity index (χ3v) is 5.58. The molecule has 7 nitrogen and oxygen atoms in total. The van der Waals surface area contributed by atoms with Gasteiger partial charge in [0.2, 0.25) is 11.8 Å². The summed E-state index contributed by atoms with van der Waals surface area (Å²) in [6, 6.07) is 1.70. The Labute approximate surface area is 179 Å². The van der Waals surface area contributed by atoms with E-state index in [1.165, 1.54) is 0 Å². The first-order valence-electron chi connectivity index (χ1n) is 10.7. The number of carbonyl (C=O) groups excluding carboxylic acids is 2. The molecule has 1 aromatic rings. The van der Waals surface area contributed by atoms with Crippen molar-refractivity contribution in [3.8, 4) is 0 Å². The van der Waals surface area contributed by atoms with Crippen molar-refractivity contribution >= 4 is 23.5 Å². The summed E-state index contributed by atoms with van der Waals surface area (Å²) in [5.41, 5.74) is -0.450. The number of carbonyl (C=O) groups is 2. The average Bonchev–Trinajstić information content (AvgIpc) is 3.44. The highest BCUT2D eigenvalue weighted by molar-refractivity contribution is 5.94. The Morgan fingerprint density at radius 2 is 1.87 bits per heavy atom. The van der Waals surface area contributed by atoms with Crippen LogP contribution >= 0.6 is 0 Å². The van der Waals surface area contributed by atoms with Gasteiger partial charge in [-0.2, -0.15) is 0 Å². The van der Waals surface area contributed by atoms with Crippen LogP contribution in [0.15, 0.2) is 17.1 Å². The van der Waals surface area contributed by atoms with E-state index in [2.05, 4.69) is 20.9 Å². The van der Waals surface area contributed by atoms with Crippen molar-refractivity contribution in [2.45, 2.75) is 45.1 Å². The number of likely N-dealkylation sites (tertiary alicyclic amines) is 1. The molecule has 2 fully saturated rings. The highest BCUT2D eigenvalue weighted by Crippen LogP contribution is 2.27. The minimum Gasteiger partial charge on any atom is -0.357 e. The van der Waals surface area contributed by atoms with E-state index in [0.717, 1.165) is 44.2 Å². The summed E-state index contributed by atoms with van der Waals surface area (Å²) in [4.78, 5) is 30.7. The second-order valence-electron chi connectivity index (χ2n) is 7.86. The van der Waals surface area contributed by atoms with Gasteiger partial charge in [-0.05, 0) is 38.3 Å². The zero-order valence-electron chi connectivity index (χ0n) is 17.5. The molecule has 1 aliphatic heterocycles. The van der Waals surface area contributed by atoms with Crippen LogP contribution in [0.25, 0.3) is 0 Å². The van der Waals surface area contributed by atoms with Crippen LogP contribution in [-0.2, 0) is 9.59 Å². The molecule has 1 saturated carbocycles. The highest BCUT2D eigenvalue weighted by atomic mass is 19.2. The molecule has 1 heterocycles. The van der Waals surface area contributed by atoms with Crippen molar-refractivity contribution in [2.75, 3.05) is 31.5 Å². The van der Waals surface area contributed by atoms with Crippen LogP contribution in [0.4, 0.5) is 18.9 Å². The van der Waals surface area contributed by atoms with E-state index >= 15 is 0 Å². The number of guanidine groups is 1. The maximum atomic E-state index is 13.7. The lowest BCUT2D eigenvalue weighted by atomic mass is 10.1. The number of nitrogens with zero attached hydrogens (tertiary/aromatic N) is 2. The van der Waals surface area contributed by atoms with Crippen LogP contribution < -0.4 is 16.0 Å². The van der Waals surface area contributed by atoms with Gasteiger partial charge in [0.05, 0.1) is 5.69 Å². The van der Waals surface area contributed by atoms with Crippen LogP contribution in [-0.4, -0.2) is 54.9 Å². The van der Waals surface area contributed by atoms with Gasteiger partial charge in [0.15, 0.2) is 23.4 Å². The molecule has 1 aliphatic carbocycles. The minimum absolute atomic E-state index is 0.00912. The van der Waals surface area contributed by atoms with E-state index in [-0.39, 0.29) is 24.4 Å². The first-order valence-corrected chi connectivity index (χ1v) is 10.7. The van der Waals surface area contributed by atoms with Crippen LogP contribution in [0.2, 0.25) is 0 Å². The van der Waals surface area contributed by atoms with Gasteiger partial charge in [0.1, 0.15) is 6.54 Å². The fraction of sp³-hybridized carbons (Fsp3) is 0.571. The van der Waals surface area contributed by atoms with E-state index in [1.807, 2.05) is 11.8 Å². The molecule has 0 radical (unpaired) electrons. The van der Waals surface area contributed by atoms with E-state index < -0.39 is 29.0 Å². The first-order chi connectivity index (χ1) is 14.9. The molecule has 10 heteroatoms. The monoisotopic (exact) mass is 439 g/mol. The lowest BCUT2D eigenvalue weighted by Gasteiger charge is -2.21. The standard InChI is InChI=1S/C21H28F3N5O2/c1-2-25-21(26-11-17(30)28-16-8-7-15(22)18(23)19(16)24)27-14-9-10-29(12-14)20(31)13-5-3-4-6-13/h7-8,13-14H,2-6,9-12H2,1H3,(H,28,30)(H2,25,26,27). The molecule has 1 unspecified atom stereocenters. The number of amides is 2. The molecular formula is C21H28F3N5O2. The van der Waals surface area contributed by atoms with Crippen LogP contribution in [0.3, 0.4) is 0 Å². The van der Waals surface area contributed by atoms with Crippen molar-refractivity contribution < 1.29 is 22.8 Å². The quantitative estimate of drug-likeness (QED) is 0.361. The fourth-order valence-electron chi connectivity index (χ4n) is 3.99. The third kappa shape index (κ3) is 5.89. The number of benzene rings is 1. The number of aliphatic imine (C=N–C) groups is 1. The Morgan fingerprint density at radius 1 is 1.13 bits per heavy atom. The number of hydrogen-bond donors (Lipinski definition) is 3. The van der Waals surface area contributed by atoms with Gasteiger partial charge in [-0.15, -0.1) is 0 Å². The zero-order valence-corrected chi connectivity index (χ0v) is 17.5. The molecule has 2 aliphatic rings. The molecule has 31 heavy (non-hydrogen) atoms. The van der Waals surface area contributed by atoms with Crippen molar-refractivity contribution in [3.63, 3.8) is 0 Å². The third-order valence-electron chi connectivity index (χ3n) is 5.58. The van der Waals surface area contributed by atoms with Gasteiger partial charge in [0.25, 0.3) is 0 Å². The number of nitrogens with one attached hydrogen (secondary N) is 3. The molecule has 2 amide bonds. The van der Waals surface area contributed by atoms with E-state index in [1.54, 1.807) is 0 Å². The second-order valence-corrected chi connectivity index (χ2v) is 7.86.